The SMILES string of the molecule is COC(=O)C[C@@H](C)/C=C/[C@@H](OC(=O)[C@@](OC)(c1ccccc1)C(F)(F)F)[C@@H]1O[C@@H]2C[C@@H]1OC(=O)[C@@H]1O[C@H](C[C@H]1C)[C@@H]1OC(C)(C)O[C@@H]1C=C/C=C(\Cl)[C@H]2OC(=O)[C@@](OC)(c1ccccc1)C(F)(F)F. The highest BCUT2D eigenvalue weighted by molar-refractivity contribution is 6.30. The number of esters is 4. The lowest BCUT2D eigenvalue weighted by atomic mass is 9.92. The van der Waals surface area contributed by atoms with Gasteiger partial charge in [-0.25, -0.2) is 14.4 Å². The number of methoxy groups -OCH3 is 3. The van der Waals surface area contributed by atoms with Crippen LogP contribution in [0.5, 0.6) is 0 Å². The van der Waals surface area contributed by atoms with E-state index in [9.17, 15) is 19.2 Å². The average Bonchev–Trinajstić information content (AvgIpc) is 3.98. The number of rotatable bonds is 13. The molecule has 14 nitrogen and oxygen atoms in total. The number of hydrogen-bond donors (Lipinski definition) is 0. The zero-order chi connectivity index (χ0) is 50.7. The summed E-state index contributed by atoms with van der Waals surface area (Å²) >= 11 is 6.90. The number of allylic oxidation sites excluding steroid dienone is 3. The van der Waals surface area contributed by atoms with Crippen LogP contribution in [0, 0.1) is 11.8 Å². The number of benzene rings is 2. The van der Waals surface area contributed by atoms with Gasteiger partial charge in [-0.2, -0.15) is 26.3 Å². The molecule has 0 spiro atoms. The van der Waals surface area contributed by atoms with E-state index in [1.54, 1.807) is 20.8 Å². The predicted octanol–water partition coefficient (Wildman–Crippen LogP) is 7.85. The Balaban J connectivity index is 1.50. The van der Waals surface area contributed by atoms with Gasteiger partial charge in [0.05, 0.1) is 24.7 Å². The molecular formula is C48H53ClF6O14. The molecule has 3 fully saturated rings. The summed E-state index contributed by atoms with van der Waals surface area (Å²) in [6.45, 7) is 6.55. The van der Waals surface area contributed by atoms with Crippen LogP contribution in [0.1, 0.15) is 58.1 Å². The Labute approximate surface area is 399 Å². The van der Waals surface area contributed by atoms with E-state index in [0.29, 0.717) is 14.2 Å². The van der Waals surface area contributed by atoms with Crippen LogP contribution in [0.2, 0.25) is 0 Å². The van der Waals surface area contributed by atoms with E-state index < -0.39 is 143 Å². The molecule has 378 valence electrons. The lowest BCUT2D eigenvalue weighted by Gasteiger charge is -2.35. The van der Waals surface area contributed by atoms with E-state index in [1.165, 1.54) is 67.6 Å². The topological polar surface area (TPSA) is 161 Å². The van der Waals surface area contributed by atoms with Gasteiger partial charge < -0.3 is 47.4 Å². The lowest BCUT2D eigenvalue weighted by molar-refractivity contribution is -0.279. The molecule has 0 unspecified atom stereocenters. The summed E-state index contributed by atoms with van der Waals surface area (Å²) in [7, 11) is 2.43. The van der Waals surface area contributed by atoms with Crippen molar-refractivity contribution in [3.63, 3.8) is 0 Å². The Kier molecular flexibility index (Phi) is 16.5. The summed E-state index contributed by atoms with van der Waals surface area (Å²) in [5.74, 6) is -8.09. The monoisotopic (exact) mass is 1000 g/mol. The van der Waals surface area contributed by atoms with Gasteiger partial charge in [0.25, 0.3) is 11.2 Å². The van der Waals surface area contributed by atoms with Gasteiger partial charge in [-0.15, -0.1) is 0 Å². The summed E-state index contributed by atoms with van der Waals surface area (Å²) in [5, 5.41) is -0.457. The van der Waals surface area contributed by atoms with Gasteiger partial charge in [-0.05, 0) is 44.3 Å². The van der Waals surface area contributed by atoms with Crippen LogP contribution in [0.3, 0.4) is 0 Å². The number of hydrogen-bond acceptors (Lipinski definition) is 14. The molecule has 0 amide bonds. The molecule has 21 heteroatoms. The third kappa shape index (κ3) is 11.1. The molecule has 4 aliphatic heterocycles. The number of alkyl halides is 6. The Bertz CT molecular complexity index is 2240. The first-order chi connectivity index (χ1) is 32.4. The van der Waals surface area contributed by atoms with Crippen molar-refractivity contribution < 1.29 is 92.9 Å². The minimum atomic E-state index is -5.46. The van der Waals surface area contributed by atoms with Crippen LogP contribution in [0.25, 0.3) is 0 Å². The molecule has 0 N–H and O–H groups in total. The molecule has 2 aromatic rings. The van der Waals surface area contributed by atoms with E-state index >= 15 is 26.3 Å². The highest BCUT2D eigenvalue weighted by Crippen LogP contribution is 2.47. The third-order valence-corrected chi connectivity index (χ3v) is 12.6. The van der Waals surface area contributed by atoms with E-state index in [4.69, 9.17) is 59.0 Å². The van der Waals surface area contributed by atoms with Crippen LogP contribution in [-0.4, -0.2) is 118 Å². The molecule has 69 heavy (non-hydrogen) atoms. The highest BCUT2D eigenvalue weighted by atomic mass is 35.5. The number of fused-ring (bicyclic) bond motifs is 6. The van der Waals surface area contributed by atoms with E-state index in [2.05, 4.69) is 0 Å². The van der Waals surface area contributed by atoms with Crippen LogP contribution in [-0.2, 0) is 77.7 Å². The largest absolute Gasteiger partial charge is 0.469 e. The minimum Gasteiger partial charge on any atom is -0.469 e. The maximum atomic E-state index is 15.3. The summed E-state index contributed by atoms with van der Waals surface area (Å²) in [6.07, 6.45) is -17.8. The van der Waals surface area contributed by atoms with Crippen molar-refractivity contribution in [2.75, 3.05) is 21.3 Å². The van der Waals surface area contributed by atoms with Crippen LogP contribution in [0.15, 0.2) is 96.1 Å². The fraction of sp³-hybridized carbons (Fsp3) is 0.542. The average molecular weight is 1000 g/mol. The van der Waals surface area contributed by atoms with Crippen LogP contribution in [0.4, 0.5) is 26.3 Å². The maximum Gasteiger partial charge on any atom is 0.432 e. The first-order valence-electron chi connectivity index (χ1n) is 21.9. The molecule has 6 rings (SSSR count). The molecule has 13 atom stereocenters. The Morgan fingerprint density at radius 2 is 1.39 bits per heavy atom. The second-order valence-corrected chi connectivity index (χ2v) is 17.9. The number of carbonyl (C=O) groups is 4. The second kappa shape index (κ2) is 21.3. The van der Waals surface area contributed by atoms with E-state index in [-0.39, 0.29) is 12.8 Å². The molecule has 4 aliphatic rings. The molecule has 4 bridgehead atoms. The molecule has 4 heterocycles. The molecule has 3 saturated heterocycles. The third-order valence-electron chi connectivity index (χ3n) is 12.3. The summed E-state index contributed by atoms with van der Waals surface area (Å²) < 4.78 is 149. The Hall–Kier alpha value is -4.83. The maximum absolute atomic E-state index is 15.3. The second-order valence-electron chi connectivity index (χ2n) is 17.5. The standard InChI is InChI=1S/C48H53ClF6O14/c1-26(23-36(56)60-5)21-22-31(66-42(58)45(61-6,47(50,51)52)28-15-10-8-11-16-28)39-35-25-34(64-39)38(67-43(59)46(62-7,48(53,54)55)29-17-12-9-13-18-29)30(49)19-14-20-32-40(69-44(3,4)68-32)33-24-27(2)37(63-33)41(57)65-35/h8-22,26-27,31-35,37-40H,23-25H2,1-7H3/b20-14?,22-21+,30-19-/t26-,27+,31+,32+,33+,34+,35-,37+,38+,39-,40+,45-,46-/m0/s1. The predicted molar refractivity (Wildman–Crippen MR) is 230 cm³/mol. The van der Waals surface area contributed by atoms with Crippen molar-refractivity contribution in [2.45, 2.75) is 131 Å². The molecular weight excluding hydrogens is 950 g/mol. The van der Waals surface area contributed by atoms with Crippen molar-refractivity contribution in [1.29, 1.82) is 0 Å². The van der Waals surface area contributed by atoms with Crippen molar-refractivity contribution in [3.05, 3.63) is 107 Å². The highest BCUT2D eigenvalue weighted by Gasteiger charge is 2.66. The van der Waals surface area contributed by atoms with Gasteiger partial charge in [0.2, 0.25) is 0 Å². The van der Waals surface area contributed by atoms with Gasteiger partial charge in [0.15, 0.2) is 18.0 Å². The van der Waals surface area contributed by atoms with Crippen molar-refractivity contribution in [2.24, 2.45) is 11.8 Å². The normalized spacial score (nSPS) is 30.6. The first kappa shape index (κ1) is 53.5. The van der Waals surface area contributed by atoms with Crippen molar-refractivity contribution in [3.8, 4) is 0 Å². The summed E-state index contributed by atoms with van der Waals surface area (Å²) in [6, 6.07) is 11.7. The Morgan fingerprint density at radius 3 is 1.94 bits per heavy atom. The van der Waals surface area contributed by atoms with Crippen LogP contribution >= 0.6 is 11.6 Å². The zero-order valence-electron chi connectivity index (χ0n) is 38.5. The van der Waals surface area contributed by atoms with E-state index in [0.717, 1.165) is 37.5 Å². The summed E-state index contributed by atoms with van der Waals surface area (Å²) in [5.41, 5.74) is -8.85. The molecule has 0 radical (unpaired) electrons. The van der Waals surface area contributed by atoms with Gasteiger partial charge >= 0.3 is 36.2 Å². The van der Waals surface area contributed by atoms with Gasteiger partial charge in [0, 0.05) is 31.8 Å². The quantitative estimate of drug-likeness (QED) is 0.0826. The zero-order valence-corrected chi connectivity index (χ0v) is 39.2. The molecule has 2 aromatic carbocycles. The number of carbonyl (C=O) groups excluding carboxylic acids is 4. The van der Waals surface area contributed by atoms with Gasteiger partial charge in [0.1, 0.15) is 36.6 Å². The fourth-order valence-electron chi connectivity index (χ4n) is 8.91. The van der Waals surface area contributed by atoms with Crippen LogP contribution < -0.4 is 0 Å². The summed E-state index contributed by atoms with van der Waals surface area (Å²) in [4.78, 5) is 55.1. The number of ether oxygens (including phenoxy) is 10. The van der Waals surface area contributed by atoms with E-state index in [1.807, 2.05) is 0 Å². The molecule has 0 aromatic heterocycles. The van der Waals surface area contributed by atoms with Crippen molar-refractivity contribution in [1.82, 2.24) is 0 Å². The minimum absolute atomic E-state index is 0.255. The van der Waals surface area contributed by atoms with Gasteiger partial charge in [-0.3, -0.25) is 4.79 Å². The fourth-order valence-corrected chi connectivity index (χ4v) is 9.17. The molecule has 0 saturated carbocycles. The Morgan fingerprint density at radius 1 is 0.812 bits per heavy atom. The van der Waals surface area contributed by atoms with Crippen molar-refractivity contribution >= 4 is 35.5 Å². The smallest absolute Gasteiger partial charge is 0.432 e. The molecule has 0 aliphatic carbocycles. The first-order valence-corrected chi connectivity index (χ1v) is 22.2. The lowest BCUT2D eigenvalue weighted by Crippen LogP contribution is -2.54. The number of halogens is 7. The van der Waals surface area contributed by atoms with Gasteiger partial charge in [-0.1, -0.05) is 104 Å².